The van der Waals surface area contributed by atoms with Gasteiger partial charge >= 0.3 is 0 Å². The van der Waals surface area contributed by atoms with E-state index in [9.17, 15) is 0 Å². The number of nitrogens with one attached hydrogen (secondary N) is 1. The summed E-state index contributed by atoms with van der Waals surface area (Å²) in [6.45, 7) is 10.0. The van der Waals surface area contributed by atoms with Crippen LogP contribution in [0.1, 0.15) is 45.9 Å². The van der Waals surface area contributed by atoms with E-state index in [0.717, 1.165) is 17.4 Å². The number of aromatic nitrogens is 2. The van der Waals surface area contributed by atoms with Gasteiger partial charge in [-0.25, -0.2) is 0 Å². The summed E-state index contributed by atoms with van der Waals surface area (Å²) in [5.41, 5.74) is 8.41. The number of aryl methyl sites for hydroxylation is 3. The standard InChI is InChI=1S/C25H30N4OS/c1-16-12-17(2)14-20(13-16)29-18(3)15-21(19(29)4)24-23(22-8-6-7-9-26-22)27-25(31)28(24)10-11-30-5/h6-9,12-15,23-24H,10-11H2,1-5H3,(H,27,31)/t23-,24-/m1/s1. The van der Waals surface area contributed by atoms with Gasteiger partial charge in [0.1, 0.15) is 0 Å². The number of ether oxygens (including phenoxy) is 1. The van der Waals surface area contributed by atoms with Crippen molar-refractivity contribution in [2.24, 2.45) is 0 Å². The Morgan fingerprint density at radius 2 is 1.81 bits per heavy atom. The summed E-state index contributed by atoms with van der Waals surface area (Å²) in [5.74, 6) is 0. The maximum Gasteiger partial charge on any atom is 0.170 e. The lowest BCUT2D eigenvalue weighted by atomic mass is 9.97. The van der Waals surface area contributed by atoms with Crippen molar-refractivity contribution in [3.63, 3.8) is 0 Å². The Kier molecular flexibility index (Phi) is 6.12. The van der Waals surface area contributed by atoms with Gasteiger partial charge in [0.2, 0.25) is 0 Å². The van der Waals surface area contributed by atoms with Crippen LogP contribution < -0.4 is 5.32 Å². The summed E-state index contributed by atoms with van der Waals surface area (Å²) in [7, 11) is 1.73. The normalized spacial score (nSPS) is 18.5. The van der Waals surface area contributed by atoms with Gasteiger partial charge in [0.15, 0.2) is 5.11 Å². The number of rotatable bonds is 6. The summed E-state index contributed by atoms with van der Waals surface area (Å²) in [5, 5.41) is 4.27. The van der Waals surface area contributed by atoms with Crippen LogP contribution >= 0.6 is 12.2 Å². The largest absolute Gasteiger partial charge is 0.383 e. The molecule has 6 heteroatoms. The van der Waals surface area contributed by atoms with E-state index in [0.29, 0.717) is 6.61 Å². The summed E-state index contributed by atoms with van der Waals surface area (Å²) < 4.78 is 7.73. The molecular formula is C25H30N4OS. The highest BCUT2D eigenvalue weighted by Crippen LogP contribution is 2.41. The lowest BCUT2D eigenvalue weighted by Crippen LogP contribution is -2.32. The average Bonchev–Trinajstić information content (AvgIpc) is 3.21. The maximum absolute atomic E-state index is 5.74. The molecule has 0 spiro atoms. The SMILES string of the molecule is COCCN1C(=S)N[C@H](c2ccccn2)[C@H]1c1cc(C)n(-c2cc(C)cc(C)c2)c1C. The molecule has 0 aliphatic carbocycles. The highest BCUT2D eigenvalue weighted by molar-refractivity contribution is 7.80. The number of benzene rings is 1. The van der Waals surface area contributed by atoms with E-state index >= 15 is 0 Å². The van der Waals surface area contributed by atoms with E-state index in [1.807, 2.05) is 18.3 Å². The van der Waals surface area contributed by atoms with E-state index in [-0.39, 0.29) is 12.1 Å². The molecule has 1 fully saturated rings. The zero-order chi connectivity index (χ0) is 22.1. The highest BCUT2D eigenvalue weighted by Gasteiger charge is 2.41. The molecule has 3 heterocycles. The Balaban J connectivity index is 1.83. The Hall–Kier alpha value is -2.70. The summed E-state index contributed by atoms with van der Waals surface area (Å²) >= 11 is 5.74. The first-order chi connectivity index (χ1) is 14.9. The van der Waals surface area contributed by atoms with Crippen LogP contribution in [0.25, 0.3) is 5.69 Å². The van der Waals surface area contributed by atoms with Gasteiger partial charge in [-0.2, -0.15) is 0 Å². The molecule has 0 amide bonds. The summed E-state index contributed by atoms with van der Waals surface area (Å²) in [6.07, 6.45) is 1.84. The Morgan fingerprint density at radius 1 is 1.06 bits per heavy atom. The second-order valence-electron chi connectivity index (χ2n) is 8.32. The van der Waals surface area contributed by atoms with E-state index in [1.165, 1.54) is 33.8 Å². The van der Waals surface area contributed by atoms with Gasteiger partial charge in [0.25, 0.3) is 0 Å². The molecule has 4 rings (SSSR count). The predicted molar refractivity (Wildman–Crippen MR) is 129 cm³/mol. The smallest absolute Gasteiger partial charge is 0.170 e. The van der Waals surface area contributed by atoms with E-state index in [4.69, 9.17) is 17.0 Å². The van der Waals surface area contributed by atoms with Crippen LogP contribution in [0.2, 0.25) is 0 Å². The van der Waals surface area contributed by atoms with Crippen molar-refractivity contribution in [3.05, 3.63) is 82.4 Å². The lowest BCUT2D eigenvalue weighted by molar-refractivity contribution is 0.164. The van der Waals surface area contributed by atoms with Crippen molar-refractivity contribution in [3.8, 4) is 5.69 Å². The number of pyridine rings is 1. The van der Waals surface area contributed by atoms with E-state index < -0.39 is 0 Å². The first-order valence-corrected chi connectivity index (χ1v) is 11.1. The molecule has 3 aromatic rings. The molecule has 2 aromatic heterocycles. The molecule has 0 radical (unpaired) electrons. The third-order valence-electron chi connectivity index (χ3n) is 5.99. The van der Waals surface area contributed by atoms with Gasteiger partial charge in [-0.05, 0) is 86.9 Å². The molecular weight excluding hydrogens is 404 g/mol. The van der Waals surface area contributed by atoms with Crippen molar-refractivity contribution >= 4 is 17.3 Å². The molecule has 162 valence electrons. The first kappa shape index (κ1) is 21.5. The van der Waals surface area contributed by atoms with E-state index in [1.54, 1.807) is 7.11 Å². The van der Waals surface area contributed by atoms with Gasteiger partial charge < -0.3 is 19.5 Å². The molecule has 0 unspecified atom stereocenters. The Labute approximate surface area is 190 Å². The summed E-state index contributed by atoms with van der Waals surface area (Å²) in [6, 6.07) is 15.1. The molecule has 5 nitrogen and oxygen atoms in total. The second-order valence-corrected chi connectivity index (χ2v) is 8.71. The molecule has 1 saturated heterocycles. The minimum absolute atomic E-state index is 0.0150. The number of nitrogens with zero attached hydrogens (tertiary/aromatic N) is 3. The average molecular weight is 435 g/mol. The zero-order valence-electron chi connectivity index (χ0n) is 18.8. The number of hydrogen-bond acceptors (Lipinski definition) is 3. The maximum atomic E-state index is 5.74. The second kappa shape index (κ2) is 8.81. The molecule has 0 bridgehead atoms. The van der Waals surface area contributed by atoms with Crippen LogP contribution in [0.3, 0.4) is 0 Å². The number of thiocarbonyl (C=S) groups is 1. The molecule has 0 saturated carbocycles. The van der Waals surface area contributed by atoms with Crippen LogP contribution in [0, 0.1) is 27.7 Å². The van der Waals surface area contributed by atoms with Gasteiger partial charge in [0.05, 0.1) is 24.4 Å². The zero-order valence-corrected chi connectivity index (χ0v) is 19.7. The van der Waals surface area contributed by atoms with Gasteiger partial charge in [-0.15, -0.1) is 0 Å². The fraction of sp³-hybridized carbons (Fsp3) is 0.360. The molecule has 1 aromatic carbocycles. The van der Waals surface area contributed by atoms with Crippen LogP contribution in [0.15, 0.2) is 48.7 Å². The monoisotopic (exact) mass is 434 g/mol. The lowest BCUT2D eigenvalue weighted by Gasteiger charge is -2.28. The topological polar surface area (TPSA) is 42.3 Å². The van der Waals surface area contributed by atoms with Crippen molar-refractivity contribution in [1.29, 1.82) is 0 Å². The van der Waals surface area contributed by atoms with Crippen molar-refractivity contribution < 1.29 is 4.74 Å². The molecule has 31 heavy (non-hydrogen) atoms. The Bertz CT molecular complexity index is 1070. The fourth-order valence-electron chi connectivity index (χ4n) is 4.74. The minimum Gasteiger partial charge on any atom is -0.383 e. The minimum atomic E-state index is -0.0150. The Morgan fingerprint density at radius 3 is 2.45 bits per heavy atom. The third kappa shape index (κ3) is 4.10. The van der Waals surface area contributed by atoms with Gasteiger partial charge in [-0.1, -0.05) is 12.1 Å². The van der Waals surface area contributed by atoms with Gasteiger partial charge in [-0.3, -0.25) is 4.98 Å². The fourth-order valence-corrected chi connectivity index (χ4v) is 5.07. The highest BCUT2D eigenvalue weighted by atomic mass is 32.1. The van der Waals surface area contributed by atoms with Crippen LogP contribution in [0.4, 0.5) is 0 Å². The molecule has 2 atom stereocenters. The summed E-state index contributed by atoms with van der Waals surface area (Å²) in [4.78, 5) is 6.88. The van der Waals surface area contributed by atoms with Crippen molar-refractivity contribution in [1.82, 2.24) is 19.8 Å². The van der Waals surface area contributed by atoms with Crippen LogP contribution in [0.5, 0.6) is 0 Å². The quantitative estimate of drug-likeness (QED) is 0.569. The molecule has 1 N–H and O–H groups in total. The number of methoxy groups -OCH3 is 1. The molecule has 1 aliphatic heterocycles. The first-order valence-electron chi connectivity index (χ1n) is 10.6. The van der Waals surface area contributed by atoms with Crippen molar-refractivity contribution in [2.75, 3.05) is 20.3 Å². The van der Waals surface area contributed by atoms with Crippen LogP contribution in [-0.4, -0.2) is 39.8 Å². The number of hydrogen-bond donors (Lipinski definition) is 1. The van der Waals surface area contributed by atoms with E-state index in [2.05, 4.69) is 77.8 Å². The van der Waals surface area contributed by atoms with Gasteiger partial charge in [0, 0.05) is 36.9 Å². The van der Waals surface area contributed by atoms with Crippen LogP contribution in [-0.2, 0) is 4.74 Å². The predicted octanol–water partition coefficient (Wildman–Crippen LogP) is 4.72. The molecule has 1 aliphatic rings. The third-order valence-corrected chi connectivity index (χ3v) is 6.34. The van der Waals surface area contributed by atoms with Crippen molar-refractivity contribution in [2.45, 2.75) is 39.8 Å².